The van der Waals surface area contributed by atoms with Gasteiger partial charge in [0, 0.05) is 5.57 Å². The molecule has 0 aromatic heterocycles. The van der Waals surface area contributed by atoms with Gasteiger partial charge in [-0.05, 0) is 24.5 Å². The Labute approximate surface area is 99.6 Å². The first-order chi connectivity index (χ1) is 7.18. The molecule has 1 aliphatic rings. The maximum Gasteiger partial charge on any atom is 0.193 e. The molecule has 4 heteroatoms. The molecule has 1 fully saturated rings. The zero-order chi connectivity index (χ0) is 12.8. The molecular weight excluding hydrogens is 198 g/mol. The Kier molecular flexibility index (Phi) is 3.01. The second-order valence-corrected chi connectivity index (χ2v) is 5.53. The SMILES string of the molecule is BC1(C)C(B)(C)C1(O)C(=O)C(/C=C\C)=C/C. The largest absolute Gasteiger partial charge is 0.382 e. The molecule has 1 N–H and O–H groups in total. The van der Waals surface area contributed by atoms with Gasteiger partial charge in [0.25, 0.3) is 0 Å². The quantitative estimate of drug-likeness (QED) is 0.424. The molecule has 2 atom stereocenters. The molecule has 1 aliphatic carbocycles. The summed E-state index contributed by atoms with van der Waals surface area (Å²) >= 11 is 0. The summed E-state index contributed by atoms with van der Waals surface area (Å²) in [7, 11) is 3.88. The summed E-state index contributed by atoms with van der Waals surface area (Å²) < 4.78 is 0. The van der Waals surface area contributed by atoms with Crippen LogP contribution in [0.2, 0.25) is 10.6 Å². The van der Waals surface area contributed by atoms with Gasteiger partial charge in [0.2, 0.25) is 0 Å². The van der Waals surface area contributed by atoms with Crippen LogP contribution in [0.15, 0.2) is 23.8 Å². The fourth-order valence-corrected chi connectivity index (χ4v) is 2.54. The number of ketones is 1. The van der Waals surface area contributed by atoms with E-state index in [4.69, 9.17) is 0 Å². The summed E-state index contributed by atoms with van der Waals surface area (Å²) in [4.78, 5) is 12.3. The van der Waals surface area contributed by atoms with Crippen molar-refractivity contribution in [2.75, 3.05) is 0 Å². The number of Topliss-reactive ketones (excluding diaryl/α,β-unsaturated/α-hetero) is 1. The summed E-state index contributed by atoms with van der Waals surface area (Å²) in [6, 6.07) is 0. The van der Waals surface area contributed by atoms with E-state index in [2.05, 4.69) is 0 Å². The second-order valence-electron chi connectivity index (χ2n) is 5.53. The average Bonchev–Trinajstić information content (AvgIpc) is 2.53. The van der Waals surface area contributed by atoms with Gasteiger partial charge in [-0.3, -0.25) is 4.79 Å². The Balaban J connectivity index is 3.11. The molecule has 16 heavy (non-hydrogen) atoms. The Bertz CT molecular complexity index is 364. The predicted molar refractivity (Wildman–Crippen MR) is 72.3 cm³/mol. The third-order valence-corrected chi connectivity index (χ3v) is 4.56. The van der Waals surface area contributed by atoms with Gasteiger partial charge in [-0.15, -0.1) is 0 Å². The number of carbonyl (C=O) groups excluding carboxylic acids is 1. The highest BCUT2D eigenvalue weighted by Crippen LogP contribution is 2.80. The summed E-state index contributed by atoms with van der Waals surface area (Å²) in [5.74, 6) is -0.164. The van der Waals surface area contributed by atoms with Gasteiger partial charge in [-0.2, -0.15) is 0 Å². The molecule has 0 aromatic rings. The van der Waals surface area contributed by atoms with Crippen LogP contribution in [-0.2, 0) is 4.79 Å². The van der Waals surface area contributed by atoms with E-state index in [0.717, 1.165) is 0 Å². The Hall–Kier alpha value is -0.760. The van der Waals surface area contributed by atoms with Gasteiger partial charge >= 0.3 is 0 Å². The van der Waals surface area contributed by atoms with Crippen molar-refractivity contribution in [1.82, 2.24) is 0 Å². The van der Waals surface area contributed by atoms with Crippen molar-refractivity contribution >= 4 is 21.5 Å². The van der Waals surface area contributed by atoms with Crippen LogP contribution in [0.25, 0.3) is 0 Å². The second kappa shape index (κ2) is 3.63. The number of aliphatic hydroxyl groups is 1. The fourth-order valence-electron chi connectivity index (χ4n) is 2.54. The normalized spacial score (nSPS) is 43.7. The predicted octanol–water partition coefficient (Wildman–Crippen LogP) is 0.446. The van der Waals surface area contributed by atoms with E-state index in [9.17, 15) is 9.90 Å². The molecule has 86 valence electrons. The molecule has 0 bridgehead atoms. The Morgan fingerprint density at radius 1 is 1.19 bits per heavy atom. The van der Waals surface area contributed by atoms with E-state index in [-0.39, 0.29) is 16.4 Å². The molecule has 0 heterocycles. The minimum absolute atomic E-state index is 0.164. The van der Waals surface area contributed by atoms with E-state index < -0.39 is 5.60 Å². The van der Waals surface area contributed by atoms with Crippen LogP contribution < -0.4 is 0 Å². The topological polar surface area (TPSA) is 37.3 Å². The van der Waals surface area contributed by atoms with Crippen molar-refractivity contribution in [2.45, 2.75) is 43.9 Å². The first-order valence-corrected chi connectivity index (χ1v) is 5.74. The standard InChI is InChI=1S/C12H20B2O2/c1-5-7-8(6-2)9(15)12(16)10(3,13)11(12,4)14/h5-7,16H,13-14H2,1-4H3/b7-5-,8-6+. The van der Waals surface area contributed by atoms with Crippen molar-refractivity contribution < 1.29 is 9.90 Å². The zero-order valence-electron chi connectivity index (χ0n) is 11.1. The maximum atomic E-state index is 12.3. The number of rotatable bonds is 3. The monoisotopic (exact) mass is 218 g/mol. The van der Waals surface area contributed by atoms with Gasteiger partial charge in [0.1, 0.15) is 21.3 Å². The summed E-state index contributed by atoms with van der Waals surface area (Å²) in [5.41, 5.74) is -0.648. The first-order valence-electron chi connectivity index (χ1n) is 5.74. The third kappa shape index (κ3) is 1.29. The van der Waals surface area contributed by atoms with Crippen molar-refractivity contribution in [3.63, 3.8) is 0 Å². The zero-order valence-corrected chi connectivity index (χ0v) is 11.1. The maximum absolute atomic E-state index is 12.3. The molecule has 0 amide bonds. The van der Waals surface area contributed by atoms with Gasteiger partial charge in [-0.1, -0.05) is 32.1 Å². The van der Waals surface area contributed by atoms with E-state index >= 15 is 0 Å². The molecule has 2 unspecified atom stereocenters. The van der Waals surface area contributed by atoms with Crippen molar-refractivity contribution in [1.29, 1.82) is 0 Å². The molecule has 1 rings (SSSR count). The minimum Gasteiger partial charge on any atom is -0.382 e. The lowest BCUT2D eigenvalue weighted by atomic mass is 9.69. The molecule has 0 saturated heterocycles. The molecule has 0 aliphatic heterocycles. The van der Waals surface area contributed by atoms with Gasteiger partial charge in [0.15, 0.2) is 5.78 Å². The van der Waals surface area contributed by atoms with Crippen molar-refractivity contribution in [3.05, 3.63) is 23.8 Å². The Morgan fingerprint density at radius 3 is 1.88 bits per heavy atom. The van der Waals surface area contributed by atoms with E-state index in [1.54, 1.807) is 12.2 Å². The summed E-state index contributed by atoms with van der Waals surface area (Å²) in [6.45, 7) is 7.56. The smallest absolute Gasteiger partial charge is 0.193 e. The summed E-state index contributed by atoms with van der Waals surface area (Å²) in [5, 5.41) is 9.82. The number of hydrogen-bond donors (Lipinski definition) is 1. The number of allylic oxidation sites excluding steroid dienone is 3. The van der Waals surface area contributed by atoms with E-state index in [0.29, 0.717) is 5.57 Å². The first kappa shape index (κ1) is 13.3. The van der Waals surface area contributed by atoms with Crippen LogP contribution in [0, 0.1) is 0 Å². The average molecular weight is 218 g/mol. The highest BCUT2D eigenvalue weighted by molar-refractivity contribution is 6.39. The fraction of sp³-hybridized carbons (Fsp3) is 0.583. The van der Waals surface area contributed by atoms with Crippen molar-refractivity contribution in [3.8, 4) is 0 Å². The van der Waals surface area contributed by atoms with Gasteiger partial charge in [-0.25, -0.2) is 0 Å². The number of carbonyl (C=O) groups is 1. The molecule has 1 saturated carbocycles. The van der Waals surface area contributed by atoms with Crippen LogP contribution in [0.4, 0.5) is 0 Å². The summed E-state index contributed by atoms with van der Waals surface area (Å²) in [6.07, 6.45) is 5.33. The third-order valence-electron chi connectivity index (χ3n) is 4.56. The Morgan fingerprint density at radius 2 is 1.62 bits per heavy atom. The lowest BCUT2D eigenvalue weighted by Crippen LogP contribution is -2.30. The lowest BCUT2D eigenvalue weighted by Gasteiger charge is -2.14. The van der Waals surface area contributed by atoms with Crippen LogP contribution in [-0.4, -0.2) is 32.2 Å². The minimum atomic E-state index is -1.23. The van der Waals surface area contributed by atoms with Gasteiger partial charge < -0.3 is 5.11 Å². The lowest BCUT2D eigenvalue weighted by molar-refractivity contribution is -0.126. The van der Waals surface area contributed by atoms with Crippen LogP contribution >= 0.6 is 0 Å². The van der Waals surface area contributed by atoms with Crippen LogP contribution in [0.5, 0.6) is 0 Å². The van der Waals surface area contributed by atoms with E-state index in [1.807, 2.05) is 49.5 Å². The molecule has 0 radical (unpaired) electrons. The highest BCUT2D eigenvalue weighted by atomic mass is 16.3. The van der Waals surface area contributed by atoms with Crippen LogP contribution in [0.3, 0.4) is 0 Å². The van der Waals surface area contributed by atoms with E-state index in [1.165, 1.54) is 0 Å². The molecule has 0 spiro atoms. The van der Waals surface area contributed by atoms with Crippen LogP contribution in [0.1, 0.15) is 27.7 Å². The molecule has 2 nitrogen and oxygen atoms in total. The van der Waals surface area contributed by atoms with Crippen molar-refractivity contribution in [2.24, 2.45) is 0 Å². The molecule has 0 aromatic carbocycles. The molecular formula is C12H20B2O2. The highest BCUT2D eigenvalue weighted by Gasteiger charge is 2.79. The van der Waals surface area contributed by atoms with Gasteiger partial charge in [0.05, 0.1) is 0 Å². The number of hydrogen-bond acceptors (Lipinski definition) is 2.